The van der Waals surface area contributed by atoms with Gasteiger partial charge in [0.1, 0.15) is 5.82 Å². The Morgan fingerprint density at radius 2 is 1.49 bits per heavy atom. The number of hydrogen-bond donors (Lipinski definition) is 2. The van der Waals surface area contributed by atoms with Crippen LogP contribution >= 0.6 is 0 Å². The molecule has 0 bridgehead atoms. The lowest BCUT2D eigenvalue weighted by Gasteiger charge is -2.13. The van der Waals surface area contributed by atoms with Crippen molar-refractivity contribution < 1.29 is 41.0 Å². The summed E-state index contributed by atoms with van der Waals surface area (Å²) in [7, 11) is 0. The second kappa shape index (κ2) is 9.60. The minimum Gasteiger partial charge on any atom is -0.478 e. The van der Waals surface area contributed by atoms with E-state index in [0.717, 1.165) is 24.3 Å². The number of halogens is 6. The topological polar surface area (TPSA) is 84.2 Å². The fourth-order valence-electron chi connectivity index (χ4n) is 3.75. The van der Waals surface area contributed by atoms with Crippen molar-refractivity contribution in [2.75, 3.05) is 0 Å². The van der Waals surface area contributed by atoms with Crippen LogP contribution in [0.5, 0.6) is 0 Å². The first kappa shape index (κ1) is 25.7. The van der Waals surface area contributed by atoms with Crippen LogP contribution in [0, 0.1) is 0 Å². The molecule has 0 radical (unpaired) electrons. The van der Waals surface area contributed by atoms with Gasteiger partial charge in [0, 0.05) is 12.1 Å². The van der Waals surface area contributed by atoms with E-state index in [1.165, 1.54) is 41.0 Å². The van der Waals surface area contributed by atoms with E-state index < -0.39 is 35.4 Å². The standard InChI is InChI=1S/C25H17F6N3O3/c26-24(27,28)17-5-1-3-14(9-17)13-34-20-8-7-16(23(36)37)11-19(20)33-21(34)12-32-22(35)15-4-2-6-18(10-15)25(29,30)31/h1-11H,12-13H2,(H,32,35)(H,36,37). The molecule has 12 heteroatoms. The molecule has 192 valence electrons. The number of benzene rings is 3. The molecule has 0 aliphatic heterocycles. The van der Waals surface area contributed by atoms with E-state index in [4.69, 9.17) is 0 Å². The number of aromatic nitrogens is 2. The number of fused-ring (bicyclic) bond motifs is 1. The average Bonchev–Trinajstić information content (AvgIpc) is 3.18. The molecule has 0 atom stereocenters. The summed E-state index contributed by atoms with van der Waals surface area (Å²) in [6.07, 6.45) is -9.21. The van der Waals surface area contributed by atoms with E-state index in [1.807, 2.05) is 0 Å². The van der Waals surface area contributed by atoms with Gasteiger partial charge in [-0.1, -0.05) is 18.2 Å². The Bertz CT molecular complexity index is 1490. The fourth-order valence-corrected chi connectivity index (χ4v) is 3.75. The average molecular weight is 521 g/mol. The minimum absolute atomic E-state index is 0.0734. The number of carbonyl (C=O) groups is 2. The summed E-state index contributed by atoms with van der Waals surface area (Å²) in [6, 6.07) is 12.4. The predicted molar refractivity (Wildman–Crippen MR) is 120 cm³/mol. The first-order valence-electron chi connectivity index (χ1n) is 10.7. The van der Waals surface area contributed by atoms with Crippen molar-refractivity contribution >= 4 is 22.9 Å². The lowest BCUT2D eigenvalue weighted by Crippen LogP contribution is -2.25. The molecule has 0 saturated heterocycles. The lowest BCUT2D eigenvalue weighted by molar-refractivity contribution is -0.138. The summed E-state index contributed by atoms with van der Waals surface area (Å²) in [4.78, 5) is 28.2. The quantitative estimate of drug-likeness (QED) is 0.317. The van der Waals surface area contributed by atoms with Crippen molar-refractivity contribution in [3.63, 3.8) is 0 Å². The molecule has 0 unspecified atom stereocenters. The summed E-state index contributed by atoms with van der Waals surface area (Å²) in [5.41, 5.74) is -1.30. The maximum Gasteiger partial charge on any atom is 0.416 e. The summed E-state index contributed by atoms with van der Waals surface area (Å²) < 4.78 is 80.0. The minimum atomic E-state index is -4.64. The first-order valence-corrected chi connectivity index (χ1v) is 10.7. The molecule has 2 N–H and O–H groups in total. The number of nitrogens with zero attached hydrogens (tertiary/aromatic N) is 2. The molecule has 6 nitrogen and oxygen atoms in total. The second-order valence-electron chi connectivity index (χ2n) is 8.08. The summed E-state index contributed by atoms with van der Waals surface area (Å²) >= 11 is 0. The molecule has 0 saturated carbocycles. The predicted octanol–water partition coefficient (Wildman–Crippen LogP) is 5.75. The molecular weight excluding hydrogens is 504 g/mol. The number of amides is 1. The summed E-state index contributed by atoms with van der Waals surface area (Å²) in [6.45, 7) is -0.382. The van der Waals surface area contributed by atoms with Crippen molar-refractivity contribution in [3.8, 4) is 0 Å². The van der Waals surface area contributed by atoms with Crippen molar-refractivity contribution in [2.24, 2.45) is 0 Å². The number of nitrogens with one attached hydrogen (secondary N) is 1. The number of rotatable bonds is 6. The molecule has 4 aromatic rings. The van der Waals surface area contributed by atoms with Crippen LogP contribution in [-0.2, 0) is 25.4 Å². The van der Waals surface area contributed by atoms with E-state index in [-0.39, 0.29) is 41.1 Å². The van der Waals surface area contributed by atoms with Gasteiger partial charge in [0.25, 0.3) is 5.91 Å². The number of carboxylic acid groups (broad SMARTS) is 1. The second-order valence-corrected chi connectivity index (χ2v) is 8.08. The number of carboxylic acids is 1. The van der Waals surface area contributed by atoms with Gasteiger partial charge < -0.3 is 15.0 Å². The highest BCUT2D eigenvalue weighted by atomic mass is 19.4. The third-order valence-electron chi connectivity index (χ3n) is 5.53. The Labute approximate surface area is 205 Å². The van der Waals surface area contributed by atoms with Crippen LogP contribution in [0.25, 0.3) is 11.0 Å². The lowest BCUT2D eigenvalue weighted by atomic mass is 10.1. The normalized spacial score (nSPS) is 12.1. The Kier molecular flexibility index (Phi) is 6.68. The summed E-state index contributed by atoms with van der Waals surface area (Å²) in [5.74, 6) is -1.88. The van der Waals surface area contributed by atoms with Gasteiger partial charge in [0.2, 0.25) is 0 Å². The Hall–Kier alpha value is -4.35. The third-order valence-corrected chi connectivity index (χ3v) is 5.53. The van der Waals surface area contributed by atoms with E-state index in [2.05, 4.69) is 10.3 Å². The highest BCUT2D eigenvalue weighted by Crippen LogP contribution is 2.31. The molecule has 1 aromatic heterocycles. The van der Waals surface area contributed by atoms with Crippen LogP contribution < -0.4 is 5.32 Å². The maximum atomic E-state index is 13.2. The zero-order valence-corrected chi connectivity index (χ0v) is 18.7. The Morgan fingerprint density at radius 1 is 0.838 bits per heavy atom. The van der Waals surface area contributed by atoms with E-state index in [9.17, 15) is 41.0 Å². The molecule has 1 amide bonds. The summed E-state index contributed by atoms with van der Waals surface area (Å²) in [5, 5.41) is 11.7. The van der Waals surface area contributed by atoms with Crippen LogP contribution in [0.2, 0.25) is 0 Å². The number of imidazole rings is 1. The molecule has 1 heterocycles. The number of aromatic carboxylic acids is 1. The van der Waals surface area contributed by atoms with Crippen molar-refractivity contribution in [2.45, 2.75) is 25.4 Å². The van der Waals surface area contributed by atoms with Crippen LogP contribution in [0.15, 0.2) is 66.7 Å². The van der Waals surface area contributed by atoms with Gasteiger partial charge in [-0.2, -0.15) is 26.3 Å². The zero-order chi connectivity index (χ0) is 27.0. The fraction of sp³-hybridized carbons (Fsp3) is 0.160. The van der Waals surface area contributed by atoms with Gasteiger partial charge in [-0.25, -0.2) is 9.78 Å². The van der Waals surface area contributed by atoms with Crippen LogP contribution in [-0.4, -0.2) is 26.5 Å². The smallest absolute Gasteiger partial charge is 0.416 e. The molecule has 0 aliphatic carbocycles. The molecular formula is C25H17F6N3O3. The molecule has 37 heavy (non-hydrogen) atoms. The zero-order valence-electron chi connectivity index (χ0n) is 18.7. The van der Waals surface area contributed by atoms with Gasteiger partial charge in [0.05, 0.1) is 34.3 Å². The molecule has 0 spiro atoms. The third kappa shape index (κ3) is 5.74. The van der Waals surface area contributed by atoms with Crippen molar-refractivity contribution in [1.29, 1.82) is 0 Å². The molecule has 3 aromatic carbocycles. The largest absolute Gasteiger partial charge is 0.478 e. The SMILES string of the molecule is O=C(O)c1ccc2c(c1)nc(CNC(=O)c1cccc(C(F)(F)F)c1)n2Cc1cccc(C(F)(F)F)c1. The van der Waals surface area contributed by atoms with Gasteiger partial charge in [0.15, 0.2) is 0 Å². The highest BCUT2D eigenvalue weighted by Gasteiger charge is 2.31. The van der Waals surface area contributed by atoms with Crippen LogP contribution in [0.3, 0.4) is 0 Å². The Morgan fingerprint density at radius 3 is 2.14 bits per heavy atom. The monoisotopic (exact) mass is 521 g/mol. The molecule has 0 fully saturated rings. The molecule has 0 aliphatic rings. The van der Waals surface area contributed by atoms with E-state index in [1.54, 1.807) is 0 Å². The van der Waals surface area contributed by atoms with Crippen molar-refractivity contribution in [1.82, 2.24) is 14.9 Å². The van der Waals surface area contributed by atoms with Crippen LogP contribution in [0.4, 0.5) is 26.3 Å². The van der Waals surface area contributed by atoms with Gasteiger partial charge in [-0.15, -0.1) is 0 Å². The maximum absolute atomic E-state index is 13.2. The van der Waals surface area contributed by atoms with Gasteiger partial charge >= 0.3 is 18.3 Å². The highest BCUT2D eigenvalue weighted by molar-refractivity contribution is 5.94. The van der Waals surface area contributed by atoms with Crippen LogP contribution in [0.1, 0.15) is 43.2 Å². The number of carbonyl (C=O) groups excluding carboxylic acids is 1. The Balaban J connectivity index is 1.67. The number of hydrogen-bond acceptors (Lipinski definition) is 3. The first-order chi connectivity index (χ1) is 17.3. The van der Waals surface area contributed by atoms with E-state index >= 15 is 0 Å². The molecule has 4 rings (SSSR count). The number of alkyl halides is 6. The van der Waals surface area contributed by atoms with Gasteiger partial charge in [-0.05, 0) is 54.1 Å². The van der Waals surface area contributed by atoms with Crippen molar-refractivity contribution in [3.05, 3.63) is 100 Å². The van der Waals surface area contributed by atoms with Gasteiger partial charge in [-0.3, -0.25) is 4.79 Å². The van der Waals surface area contributed by atoms with E-state index in [0.29, 0.717) is 11.6 Å².